The highest BCUT2D eigenvalue weighted by molar-refractivity contribution is 7.10. The lowest BCUT2D eigenvalue weighted by Crippen LogP contribution is -2.40. The SMILES string of the molecule is COC(=O)C1=C(C)NC2=CCCC(=O)C2C1c1sccc1C. The molecule has 2 aliphatic rings. The maximum atomic E-state index is 12.6. The molecule has 0 saturated heterocycles. The van der Waals surface area contributed by atoms with E-state index in [4.69, 9.17) is 4.74 Å². The summed E-state index contributed by atoms with van der Waals surface area (Å²) in [5, 5.41) is 5.26. The molecule has 0 amide bonds. The van der Waals surface area contributed by atoms with Crippen molar-refractivity contribution in [1.29, 1.82) is 0 Å². The number of ketones is 1. The van der Waals surface area contributed by atoms with E-state index < -0.39 is 0 Å². The molecule has 4 nitrogen and oxygen atoms in total. The van der Waals surface area contributed by atoms with Crippen LogP contribution in [0.5, 0.6) is 0 Å². The molecule has 2 heterocycles. The first-order valence-electron chi connectivity index (χ1n) is 7.37. The Hall–Kier alpha value is -1.88. The van der Waals surface area contributed by atoms with Crippen molar-refractivity contribution in [3.8, 4) is 0 Å². The molecule has 1 aromatic heterocycles. The van der Waals surface area contributed by atoms with Crippen LogP contribution < -0.4 is 5.32 Å². The summed E-state index contributed by atoms with van der Waals surface area (Å²) in [6.45, 7) is 3.90. The van der Waals surface area contributed by atoms with Gasteiger partial charge in [0.2, 0.25) is 0 Å². The van der Waals surface area contributed by atoms with Gasteiger partial charge in [0.1, 0.15) is 5.78 Å². The van der Waals surface area contributed by atoms with Crippen LogP contribution in [-0.2, 0) is 14.3 Å². The zero-order valence-electron chi connectivity index (χ0n) is 12.9. The third-order valence-electron chi connectivity index (χ3n) is 4.41. The minimum Gasteiger partial charge on any atom is -0.466 e. The maximum absolute atomic E-state index is 12.6. The number of carbonyl (C=O) groups is 2. The largest absolute Gasteiger partial charge is 0.466 e. The standard InChI is InChI=1S/C17H19NO3S/c1-9-7-8-22-16(9)15-13(17(20)21-3)10(2)18-11-5-4-6-12(19)14(11)15/h5,7-8,14-15,18H,4,6H2,1-3H3. The number of carbonyl (C=O) groups excluding carboxylic acids is 2. The van der Waals surface area contributed by atoms with Crippen LogP contribution in [0.4, 0.5) is 0 Å². The van der Waals surface area contributed by atoms with Crippen molar-refractivity contribution in [3.63, 3.8) is 0 Å². The quantitative estimate of drug-likeness (QED) is 0.852. The smallest absolute Gasteiger partial charge is 0.336 e. The summed E-state index contributed by atoms with van der Waals surface area (Å²) in [6.07, 6.45) is 3.37. The molecular weight excluding hydrogens is 298 g/mol. The summed E-state index contributed by atoms with van der Waals surface area (Å²) in [7, 11) is 1.38. The van der Waals surface area contributed by atoms with E-state index in [1.807, 2.05) is 25.3 Å². The predicted molar refractivity (Wildman–Crippen MR) is 85.5 cm³/mol. The maximum Gasteiger partial charge on any atom is 0.336 e. The van der Waals surface area contributed by atoms with E-state index in [2.05, 4.69) is 11.4 Å². The number of rotatable bonds is 2. The molecule has 1 aliphatic heterocycles. The molecule has 116 valence electrons. The summed E-state index contributed by atoms with van der Waals surface area (Å²) in [5.74, 6) is -0.714. The van der Waals surface area contributed by atoms with Gasteiger partial charge in [-0.1, -0.05) is 6.08 Å². The number of fused-ring (bicyclic) bond motifs is 1. The predicted octanol–water partition coefficient (Wildman–Crippen LogP) is 3.05. The number of hydrogen-bond donors (Lipinski definition) is 1. The monoisotopic (exact) mass is 317 g/mol. The highest BCUT2D eigenvalue weighted by Crippen LogP contribution is 2.46. The lowest BCUT2D eigenvalue weighted by atomic mass is 9.73. The first-order chi connectivity index (χ1) is 10.5. The highest BCUT2D eigenvalue weighted by atomic mass is 32.1. The Morgan fingerprint density at radius 1 is 1.36 bits per heavy atom. The molecule has 0 fully saturated rings. The van der Waals surface area contributed by atoms with Crippen LogP contribution in [0.25, 0.3) is 0 Å². The average Bonchev–Trinajstić information content (AvgIpc) is 2.91. The van der Waals surface area contributed by atoms with Crippen LogP contribution in [-0.4, -0.2) is 18.9 Å². The van der Waals surface area contributed by atoms with Gasteiger partial charge in [-0.25, -0.2) is 4.79 Å². The van der Waals surface area contributed by atoms with E-state index >= 15 is 0 Å². The minimum atomic E-state index is -0.361. The summed E-state index contributed by atoms with van der Waals surface area (Å²) in [6, 6.07) is 2.03. The molecule has 2 unspecified atom stereocenters. The normalized spacial score (nSPS) is 24.5. The van der Waals surface area contributed by atoms with E-state index in [0.717, 1.165) is 28.3 Å². The molecule has 0 bridgehead atoms. The first kappa shape index (κ1) is 15.0. The summed E-state index contributed by atoms with van der Waals surface area (Å²) in [5.41, 5.74) is 3.40. The molecule has 3 rings (SSSR count). The topological polar surface area (TPSA) is 55.4 Å². The van der Waals surface area contributed by atoms with Crippen molar-refractivity contribution in [2.75, 3.05) is 7.11 Å². The lowest BCUT2D eigenvalue weighted by molar-refractivity contribution is -0.136. The third-order valence-corrected chi connectivity index (χ3v) is 5.51. The number of Topliss-reactive ketones (excluding diaryl/α,β-unsaturated/α-hetero) is 1. The molecule has 1 aromatic rings. The Morgan fingerprint density at radius 3 is 2.77 bits per heavy atom. The Bertz CT molecular complexity index is 699. The fourth-order valence-corrected chi connectivity index (χ4v) is 4.45. The fraction of sp³-hybridized carbons (Fsp3) is 0.412. The van der Waals surface area contributed by atoms with Crippen LogP contribution in [0.3, 0.4) is 0 Å². The van der Waals surface area contributed by atoms with Crippen molar-refractivity contribution < 1.29 is 14.3 Å². The second kappa shape index (κ2) is 5.72. The lowest BCUT2D eigenvalue weighted by Gasteiger charge is -2.37. The Morgan fingerprint density at radius 2 is 2.14 bits per heavy atom. The van der Waals surface area contributed by atoms with E-state index in [0.29, 0.717) is 12.0 Å². The van der Waals surface area contributed by atoms with Crippen molar-refractivity contribution in [1.82, 2.24) is 5.32 Å². The number of methoxy groups -OCH3 is 1. The molecule has 0 radical (unpaired) electrons. The number of hydrogen-bond acceptors (Lipinski definition) is 5. The van der Waals surface area contributed by atoms with Gasteiger partial charge in [0.05, 0.1) is 18.6 Å². The first-order valence-corrected chi connectivity index (χ1v) is 8.25. The second-order valence-electron chi connectivity index (χ2n) is 5.74. The molecule has 0 saturated carbocycles. The average molecular weight is 317 g/mol. The molecule has 0 spiro atoms. The highest BCUT2D eigenvalue weighted by Gasteiger charge is 2.44. The molecule has 5 heteroatoms. The Labute approximate surface area is 133 Å². The van der Waals surface area contributed by atoms with Gasteiger partial charge in [0.25, 0.3) is 0 Å². The van der Waals surface area contributed by atoms with E-state index in [1.54, 1.807) is 11.3 Å². The second-order valence-corrected chi connectivity index (χ2v) is 6.69. The zero-order chi connectivity index (χ0) is 15.9. The Balaban J connectivity index is 2.20. The van der Waals surface area contributed by atoms with Crippen molar-refractivity contribution in [3.05, 3.63) is 44.9 Å². The molecule has 1 N–H and O–H groups in total. The van der Waals surface area contributed by atoms with Gasteiger partial charge in [-0.15, -0.1) is 11.3 Å². The van der Waals surface area contributed by atoms with Crippen LogP contribution in [0.15, 0.2) is 34.5 Å². The van der Waals surface area contributed by atoms with Crippen LogP contribution in [0.2, 0.25) is 0 Å². The summed E-state index contributed by atoms with van der Waals surface area (Å²) < 4.78 is 4.98. The third kappa shape index (κ3) is 2.29. The van der Waals surface area contributed by atoms with E-state index in [-0.39, 0.29) is 23.6 Å². The van der Waals surface area contributed by atoms with Gasteiger partial charge >= 0.3 is 5.97 Å². The van der Waals surface area contributed by atoms with Crippen molar-refractivity contribution in [2.45, 2.75) is 32.6 Å². The molecular formula is C17H19NO3S. The number of nitrogens with one attached hydrogen (secondary N) is 1. The number of allylic oxidation sites excluding steroid dienone is 3. The Kier molecular flexibility index (Phi) is 3.91. The van der Waals surface area contributed by atoms with Crippen LogP contribution >= 0.6 is 11.3 Å². The van der Waals surface area contributed by atoms with Gasteiger partial charge in [0, 0.05) is 28.6 Å². The summed E-state index contributed by atoms with van der Waals surface area (Å²) >= 11 is 1.60. The minimum absolute atomic E-state index is 0.191. The van der Waals surface area contributed by atoms with Crippen LogP contribution in [0, 0.1) is 12.8 Å². The van der Waals surface area contributed by atoms with Gasteiger partial charge in [0.15, 0.2) is 0 Å². The van der Waals surface area contributed by atoms with Crippen LogP contribution in [0.1, 0.15) is 36.1 Å². The van der Waals surface area contributed by atoms with E-state index in [9.17, 15) is 9.59 Å². The molecule has 2 atom stereocenters. The number of ether oxygens (including phenoxy) is 1. The van der Waals surface area contributed by atoms with Gasteiger partial charge < -0.3 is 10.1 Å². The number of esters is 1. The molecule has 1 aliphatic carbocycles. The zero-order valence-corrected chi connectivity index (χ0v) is 13.8. The van der Waals surface area contributed by atoms with Crippen molar-refractivity contribution in [2.24, 2.45) is 5.92 Å². The van der Waals surface area contributed by atoms with Crippen molar-refractivity contribution >= 4 is 23.1 Å². The number of aryl methyl sites for hydroxylation is 1. The van der Waals surface area contributed by atoms with Gasteiger partial charge in [-0.05, 0) is 37.3 Å². The fourth-order valence-electron chi connectivity index (χ4n) is 3.38. The van der Waals surface area contributed by atoms with E-state index in [1.165, 1.54) is 7.11 Å². The van der Waals surface area contributed by atoms with Gasteiger partial charge in [-0.3, -0.25) is 4.79 Å². The summed E-state index contributed by atoms with van der Waals surface area (Å²) in [4.78, 5) is 26.0. The molecule has 0 aromatic carbocycles. The number of thiophene rings is 1. The molecule has 22 heavy (non-hydrogen) atoms. The van der Waals surface area contributed by atoms with Gasteiger partial charge in [-0.2, -0.15) is 0 Å².